The summed E-state index contributed by atoms with van der Waals surface area (Å²) in [6, 6.07) is -0.0324. The molecule has 4 rings (SSSR count). The van der Waals surface area contributed by atoms with Gasteiger partial charge < -0.3 is 14.9 Å². The molecule has 6 N–H and O–H groups in total. The van der Waals surface area contributed by atoms with Gasteiger partial charge in [-0.3, -0.25) is 11.0 Å². The number of nitrogens with two attached hydrogens (primary N) is 2. The number of fused-ring (bicyclic) bond motifs is 5. The van der Waals surface area contributed by atoms with Crippen molar-refractivity contribution in [1.29, 1.82) is 0 Å². The van der Waals surface area contributed by atoms with E-state index < -0.39 is 14.5 Å². The molecule has 0 heterocycles. The van der Waals surface area contributed by atoms with Gasteiger partial charge in [0.1, 0.15) is 0 Å². The minimum absolute atomic E-state index is 0.0324. The van der Waals surface area contributed by atoms with Gasteiger partial charge in [-0.1, -0.05) is 65.5 Å². The Hall–Kier alpha value is -0.680. The SMILES string of the molecule is CC(C)CCC[C@@H](C)[C@H]1CCC2C3CC=C4CC(CCC(CCCOP(N)N)NC(=O)O)CC[C@]4(C)C3CC[C@@]21C. The Morgan fingerprint density at radius 2 is 1.83 bits per heavy atom. The maximum Gasteiger partial charge on any atom is 0.404 e. The molecule has 0 aromatic heterocycles. The predicted molar refractivity (Wildman–Crippen MR) is 171 cm³/mol. The highest BCUT2D eigenvalue weighted by Gasteiger charge is 2.59. The molecule has 3 saturated carbocycles. The molecule has 0 saturated heterocycles. The number of carboxylic acid groups (broad SMARTS) is 1. The number of rotatable bonds is 14. The van der Waals surface area contributed by atoms with Crippen LogP contribution in [0.5, 0.6) is 0 Å². The lowest BCUT2D eigenvalue weighted by Gasteiger charge is -2.58. The lowest BCUT2D eigenvalue weighted by molar-refractivity contribution is -0.0530. The second-order valence-electron chi connectivity index (χ2n) is 15.5. The highest BCUT2D eigenvalue weighted by molar-refractivity contribution is 7.47. The highest BCUT2D eigenvalue weighted by atomic mass is 31.2. The van der Waals surface area contributed by atoms with Crippen LogP contribution in [0.4, 0.5) is 4.79 Å². The van der Waals surface area contributed by atoms with E-state index in [1.165, 1.54) is 70.6 Å². The van der Waals surface area contributed by atoms with Gasteiger partial charge in [-0.2, -0.15) is 0 Å². The summed E-state index contributed by atoms with van der Waals surface area (Å²) in [4.78, 5) is 11.4. The molecule has 4 aliphatic carbocycles. The molecule has 236 valence electrons. The molecule has 1 amide bonds. The fraction of sp³-hybridized carbons (Fsp3) is 0.912. The second kappa shape index (κ2) is 14.4. The number of amides is 1. The Labute approximate surface area is 252 Å². The van der Waals surface area contributed by atoms with Gasteiger partial charge in [-0.05, 0) is 129 Å². The fourth-order valence-electron chi connectivity index (χ4n) is 10.4. The molecule has 0 aliphatic heterocycles. The zero-order valence-corrected chi connectivity index (χ0v) is 27.8. The molecule has 4 aliphatic rings. The van der Waals surface area contributed by atoms with Crippen LogP contribution in [0, 0.1) is 52.3 Å². The van der Waals surface area contributed by atoms with Gasteiger partial charge in [0, 0.05) is 6.04 Å². The van der Waals surface area contributed by atoms with Crippen LogP contribution in [0.3, 0.4) is 0 Å². The minimum atomic E-state index is -1.34. The van der Waals surface area contributed by atoms with E-state index in [1.807, 2.05) is 0 Å². The van der Waals surface area contributed by atoms with Crippen molar-refractivity contribution in [3.63, 3.8) is 0 Å². The van der Waals surface area contributed by atoms with E-state index >= 15 is 0 Å². The maximum atomic E-state index is 11.4. The average molecular weight is 592 g/mol. The van der Waals surface area contributed by atoms with Crippen LogP contribution in [0.2, 0.25) is 0 Å². The lowest BCUT2D eigenvalue weighted by Crippen LogP contribution is -2.50. The molecule has 0 spiro atoms. The number of hydrogen-bond acceptors (Lipinski definition) is 4. The second-order valence-corrected chi connectivity index (χ2v) is 16.4. The normalized spacial score (nSPS) is 36.3. The molecule has 6 nitrogen and oxygen atoms in total. The summed E-state index contributed by atoms with van der Waals surface area (Å²) in [5.74, 6) is 5.92. The zero-order valence-electron chi connectivity index (χ0n) is 26.9. The van der Waals surface area contributed by atoms with Crippen molar-refractivity contribution in [3.05, 3.63) is 11.6 Å². The molecular formula is C34H62N3O3P. The van der Waals surface area contributed by atoms with Gasteiger partial charge in [0.25, 0.3) is 0 Å². The van der Waals surface area contributed by atoms with Crippen molar-refractivity contribution in [2.45, 2.75) is 137 Å². The highest BCUT2D eigenvalue weighted by Crippen LogP contribution is 2.67. The van der Waals surface area contributed by atoms with E-state index in [2.05, 4.69) is 46.0 Å². The standard InChI is InChI=1S/C34H62N3O3P/c1-23(2)8-6-9-24(3)29-15-16-30-28-14-12-26-22-25(17-19-33(26,4)31(28)18-20-34(29,30)5)11-13-27(37-32(38)39)10-7-21-40-41(35)36/h12,23-25,27-31,37H,6-11,13-22,35-36H2,1-5H3,(H,38,39)/t24-,25?,27?,28?,29-,30?,31?,33+,34-/m1/s1. The lowest BCUT2D eigenvalue weighted by atomic mass is 9.46. The van der Waals surface area contributed by atoms with E-state index in [0.717, 1.165) is 61.2 Å². The minimum Gasteiger partial charge on any atom is -0.465 e. The third-order valence-corrected chi connectivity index (χ3v) is 13.1. The van der Waals surface area contributed by atoms with Gasteiger partial charge in [0.15, 0.2) is 8.45 Å². The molecule has 41 heavy (non-hydrogen) atoms. The van der Waals surface area contributed by atoms with Crippen LogP contribution in [-0.4, -0.2) is 23.8 Å². The van der Waals surface area contributed by atoms with Gasteiger partial charge >= 0.3 is 6.09 Å². The largest absolute Gasteiger partial charge is 0.465 e. The van der Waals surface area contributed by atoms with Crippen molar-refractivity contribution >= 4 is 14.5 Å². The summed E-state index contributed by atoms with van der Waals surface area (Å²) < 4.78 is 5.32. The number of carbonyl (C=O) groups is 1. The van der Waals surface area contributed by atoms with Crippen molar-refractivity contribution in [3.8, 4) is 0 Å². The number of hydrogen-bond donors (Lipinski definition) is 4. The number of nitrogens with one attached hydrogen (secondary N) is 1. The first-order chi connectivity index (χ1) is 19.4. The van der Waals surface area contributed by atoms with Gasteiger partial charge in [-0.25, -0.2) is 4.79 Å². The van der Waals surface area contributed by atoms with Crippen LogP contribution < -0.4 is 16.3 Å². The first-order valence-corrected chi connectivity index (χ1v) is 18.4. The molecule has 0 aromatic rings. The van der Waals surface area contributed by atoms with E-state index in [4.69, 9.17) is 15.5 Å². The molecule has 5 unspecified atom stereocenters. The van der Waals surface area contributed by atoms with Crippen LogP contribution in [0.1, 0.15) is 131 Å². The Morgan fingerprint density at radius 3 is 2.54 bits per heavy atom. The smallest absolute Gasteiger partial charge is 0.404 e. The van der Waals surface area contributed by atoms with Crippen LogP contribution in [0.15, 0.2) is 11.6 Å². The first kappa shape index (κ1) is 33.2. The van der Waals surface area contributed by atoms with Gasteiger partial charge in [-0.15, -0.1) is 0 Å². The summed E-state index contributed by atoms with van der Waals surface area (Å²) in [5.41, 5.74) is 13.7. The van der Waals surface area contributed by atoms with Crippen LogP contribution in [-0.2, 0) is 4.52 Å². The molecule has 0 bridgehead atoms. The molecule has 3 fully saturated rings. The number of allylic oxidation sites excluding steroid dienone is 2. The average Bonchev–Trinajstić information content (AvgIpc) is 3.26. The first-order valence-electron chi connectivity index (χ1n) is 17.1. The Kier molecular flexibility index (Phi) is 11.7. The molecular weight excluding hydrogens is 529 g/mol. The van der Waals surface area contributed by atoms with Gasteiger partial charge in [0.05, 0.1) is 6.61 Å². The van der Waals surface area contributed by atoms with Crippen LogP contribution >= 0.6 is 8.45 Å². The molecule has 0 radical (unpaired) electrons. The van der Waals surface area contributed by atoms with Crippen molar-refractivity contribution < 1.29 is 14.4 Å². The fourth-order valence-corrected chi connectivity index (χ4v) is 10.7. The van der Waals surface area contributed by atoms with Crippen molar-refractivity contribution in [2.75, 3.05) is 6.61 Å². The van der Waals surface area contributed by atoms with Crippen LogP contribution in [0.25, 0.3) is 0 Å². The Bertz CT molecular complexity index is 896. The van der Waals surface area contributed by atoms with Gasteiger partial charge in [0.2, 0.25) is 0 Å². The summed E-state index contributed by atoms with van der Waals surface area (Å²) in [6.07, 6.45) is 20.4. The van der Waals surface area contributed by atoms with E-state index in [1.54, 1.807) is 5.57 Å². The maximum absolute atomic E-state index is 11.4. The van der Waals surface area contributed by atoms with E-state index in [9.17, 15) is 9.90 Å². The molecule has 7 heteroatoms. The van der Waals surface area contributed by atoms with Crippen molar-refractivity contribution in [2.24, 2.45) is 63.3 Å². The predicted octanol–water partition coefficient (Wildman–Crippen LogP) is 9.00. The molecule has 0 aromatic carbocycles. The van der Waals surface area contributed by atoms with E-state index in [-0.39, 0.29) is 6.04 Å². The summed E-state index contributed by atoms with van der Waals surface area (Å²) in [5, 5.41) is 12.1. The monoisotopic (exact) mass is 591 g/mol. The summed E-state index contributed by atoms with van der Waals surface area (Å²) in [6.45, 7) is 13.1. The third kappa shape index (κ3) is 7.89. The zero-order chi connectivity index (χ0) is 29.8. The quantitative estimate of drug-likeness (QED) is 0.0915. The third-order valence-electron chi connectivity index (χ3n) is 12.6. The van der Waals surface area contributed by atoms with Crippen molar-refractivity contribution in [1.82, 2.24) is 5.32 Å². The molecule has 9 atom stereocenters. The summed E-state index contributed by atoms with van der Waals surface area (Å²) in [7, 11) is -1.34. The topological polar surface area (TPSA) is 111 Å². The summed E-state index contributed by atoms with van der Waals surface area (Å²) >= 11 is 0. The van der Waals surface area contributed by atoms with E-state index in [0.29, 0.717) is 23.4 Å². The Morgan fingerprint density at radius 1 is 1.05 bits per heavy atom. The Balaban J connectivity index is 1.34.